The van der Waals surface area contributed by atoms with E-state index in [4.69, 9.17) is 0 Å². The first-order valence-electron chi connectivity index (χ1n) is 6.96. The lowest BCUT2D eigenvalue weighted by molar-refractivity contribution is -0.122. The fourth-order valence-corrected chi connectivity index (χ4v) is 2.41. The summed E-state index contributed by atoms with van der Waals surface area (Å²) in [6.45, 7) is 10.4. The summed E-state index contributed by atoms with van der Waals surface area (Å²) in [6.07, 6.45) is 5.42. The zero-order chi connectivity index (χ0) is 14.4. The minimum Gasteiger partial charge on any atom is -0.369 e. The van der Waals surface area contributed by atoms with E-state index >= 15 is 0 Å². The van der Waals surface area contributed by atoms with Crippen LogP contribution in [0.1, 0.15) is 5.56 Å². The first-order valence-corrected chi connectivity index (χ1v) is 6.96. The normalized spacial score (nSPS) is 15.9. The number of aromatic nitrogens is 1. The van der Waals surface area contributed by atoms with Gasteiger partial charge in [0.25, 0.3) is 0 Å². The maximum atomic E-state index is 11.7. The Balaban J connectivity index is 1.82. The second-order valence-electron chi connectivity index (χ2n) is 5.02. The monoisotopic (exact) mass is 274 g/mol. The summed E-state index contributed by atoms with van der Waals surface area (Å²) >= 11 is 0. The molecule has 2 rings (SSSR count). The van der Waals surface area contributed by atoms with E-state index in [1.54, 1.807) is 6.08 Å². The van der Waals surface area contributed by atoms with Crippen molar-refractivity contribution >= 4 is 11.6 Å². The molecule has 0 saturated carbocycles. The van der Waals surface area contributed by atoms with Gasteiger partial charge in [0.05, 0.1) is 6.54 Å². The van der Waals surface area contributed by atoms with Crippen LogP contribution in [0.25, 0.3) is 0 Å². The summed E-state index contributed by atoms with van der Waals surface area (Å²) in [7, 11) is 0. The fourth-order valence-electron chi connectivity index (χ4n) is 2.41. The van der Waals surface area contributed by atoms with Gasteiger partial charge in [-0.2, -0.15) is 0 Å². The zero-order valence-electron chi connectivity index (χ0n) is 12.0. The number of rotatable bonds is 5. The molecule has 1 aliphatic heterocycles. The molecule has 1 N–H and O–H groups in total. The van der Waals surface area contributed by atoms with Crippen LogP contribution in [0.3, 0.4) is 0 Å². The van der Waals surface area contributed by atoms with Crippen LogP contribution < -0.4 is 10.2 Å². The van der Waals surface area contributed by atoms with Gasteiger partial charge in [0.1, 0.15) is 0 Å². The number of anilines is 1. The number of hydrogen-bond donors (Lipinski definition) is 1. The molecule has 0 aromatic carbocycles. The lowest BCUT2D eigenvalue weighted by atomic mass is 10.2. The summed E-state index contributed by atoms with van der Waals surface area (Å²) in [5.41, 5.74) is 2.44. The molecule has 108 valence electrons. The first-order chi connectivity index (χ1) is 9.70. The Kier molecular flexibility index (Phi) is 5.12. The summed E-state index contributed by atoms with van der Waals surface area (Å²) in [5.74, 6) is 0.0680. The molecule has 1 saturated heterocycles. The van der Waals surface area contributed by atoms with E-state index in [0.29, 0.717) is 13.1 Å². The fraction of sp³-hybridized carbons (Fsp3) is 0.467. The number of nitrogens with zero attached hydrogens (tertiary/aromatic N) is 3. The highest BCUT2D eigenvalue weighted by Gasteiger charge is 2.19. The van der Waals surface area contributed by atoms with Crippen LogP contribution in [0, 0.1) is 6.92 Å². The van der Waals surface area contributed by atoms with Gasteiger partial charge in [-0.3, -0.25) is 14.7 Å². The molecular formula is C15H22N4O. The minimum absolute atomic E-state index is 0.0680. The van der Waals surface area contributed by atoms with Crippen molar-refractivity contribution in [2.24, 2.45) is 0 Å². The van der Waals surface area contributed by atoms with Gasteiger partial charge >= 0.3 is 0 Å². The highest BCUT2D eigenvalue weighted by atomic mass is 16.2. The largest absolute Gasteiger partial charge is 0.369 e. The number of aryl methyl sites for hydroxylation is 1. The van der Waals surface area contributed by atoms with Crippen LogP contribution in [0.2, 0.25) is 0 Å². The van der Waals surface area contributed by atoms with Crippen LogP contribution >= 0.6 is 0 Å². The van der Waals surface area contributed by atoms with Gasteiger partial charge in [-0.25, -0.2) is 0 Å². The maximum absolute atomic E-state index is 11.7. The lowest BCUT2D eigenvalue weighted by Crippen LogP contribution is -2.49. The second-order valence-corrected chi connectivity index (χ2v) is 5.02. The van der Waals surface area contributed by atoms with Crippen molar-refractivity contribution in [2.45, 2.75) is 6.92 Å². The Morgan fingerprint density at radius 1 is 1.45 bits per heavy atom. The molecule has 0 radical (unpaired) electrons. The van der Waals surface area contributed by atoms with Crippen LogP contribution in [0.5, 0.6) is 0 Å². The minimum atomic E-state index is 0.0680. The smallest absolute Gasteiger partial charge is 0.234 e. The molecule has 20 heavy (non-hydrogen) atoms. The van der Waals surface area contributed by atoms with Crippen molar-refractivity contribution in [1.82, 2.24) is 15.2 Å². The van der Waals surface area contributed by atoms with Gasteiger partial charge in [-0.05, 0) is 18.6 Å². The Hall–Kier alpha value is -1.88. The third kappa shape index (κ3) is 3.81. The van der Waals surface area contributed by atoms with Crippen LogP contribution in [-0.2, 0) is 4.79 Å². The molecule has 5 nitrogen and oxygen atoms in total. The van der Waals surface area contributed by atoms with E-state index < -0.39 is 0 Å². The zero-order valence-corrected chi connectivity index (χ0v) is 12.0. The molecule has 0 unspecified atom stereocenters. The third-order valence-electron chi connectivity index (χ3n) is 3.51. The van der Waals surface area contributed by atoms with E-state index in [2.05, 4.69) is 39.7 Å². The van der Waals surface area contributed by atoms with Crippen molar-refractivity contribution in [1.29, 1.82) is 0 Å². The van der Waals surface area contributed by atoms with Gasteiger partial charge in [0.15, 0.2) is 0 Å². The molecule has 2 heterocycles. The Bertz CT molecular complexity index is 467. The molecule has 1 aromatic rings. The average Bonchev–Trinajstić information content (AvgIpc) is 2.47. The predicted octanol–water partition coefficient (Wildman–Crippen LogP) is 0.814. The summed E-state index contributed by atoms with van der Waals surface area (Å²) in [5, 5.41) is 2.81. The summed E-state index contributed by atoms with van der Waals surface area (Å²) in [6, 6.07) is 2.06. The molecule has 1 aromatic heterocycles. The highest BCUT2D eigenvalue weighted by molar-refractivity contribution is 5.78. The van der Waals surface area contributed by atoms with Crippen molar-refractivity contribution in [3.8, 4) is 0 Å². The second kappa shape index (κ2) is 7.05. The van der Waals surface area contributed by atoms with Gasteiger partial charge in [-0.15, -0.1) is 6.58 Å². The third-order valence-corrected chi connectivity index (χ3v) is 3.51. The number of piperazine rings is 1. The molecule has 1 fully saturated rings. The van der Waals surface area contributed by atoms with Crippen LogP contribution in [0.4, 0.5) is 5.69 Å². The number of carbonyl (C=O) groups is 1. The quantitative estimate of drug-likeness (QED) is 0.808. The van der Waals surface area contributed by atoms with Gasteiger partial charge in [0, 0.05) is 50.8 Å². The van der Waals surface area contributed by atoms with Crippen LogP contribution in [-0.4, -0.2) is 55.1 Å². The standard InChI is InChI=1S/C15H22N4O/c1-3-5-17-15(20)12-18-7-9-19(10-8-18)14-4-6-16-11-13(14)2/h3-4,6,11H,1,5,7-10,12H2,2H3,(H,17,20). The van der Waals surface area contributed by atoms with E-state index in [9.17, 15) is 4.79 Å². The first kappa shape index (κ1) is 14.5. The summed E-state index contributed by atoms with van der Waals surface area (Å²) < 4.78 is 0. The Morgan fingerprint density at radius 3 is 2.85 bits per heavy atom. The number of pyridine rings is 1. The molecule has 0 aliphatic carbocycles. The van der Waals surface area contributed by atoms with Gasteiger partial charge in [0.2, 0.25) is 5.91 Å². The van der Waals surface area contributed by atoms with Crippen molar-refractivity contribution < 1.29 is 4.79 Å². The van der Waals surface area contributed by atoms with E-state index in [0.717, 1.165) is 26.2 Å². The molecule has 1 amide bonds. The molecule has 0 atom stereocenters. The van der Waals surface area contributed by atoms with E-state index in [-0.39, 0.29) is 5.91 Å². The molecule has 1 aliphatic rings. The summed E-state index contributed by atoms with van der Waals surface area (Å²) in [4.78, 5) is 20.3. The molecule has 0 spiro atoms. The van der Waals surface area contributed by atoms with Crippen molar-refractivity contribution in [3.63, 3.8) is 0 Å². The number of nitrogens with one attached hydrogen (secondary N) is 1. The van der Waals surface area contributed by atoms with E-state index in [1.165, 1.54) is 11.3 Å². The number of amides is 1. The molecule has 5 heteroatoms. The topological polar surface area (TPSA) is 48.5 Å². The maximum Gasteiger partial charge on any atom is 0.234 e. The SMILES string of the molecule is C=CCNC(=O)CN1CCN(c2ccncc2C)CC1. The van der Waals surface area contributed by atoms with Crippen molar-refractivity contribution in [2.75, 3.05) is 44.2 Å². The average molecular weight is 274 g/mol. The predicted molar refractivity (Wildman–Crippen MR) is 80.8 cm³/mol. The molecular weight excluding hydrogens is 252 g/mol. The highest BCUT2D eigenvalue weighted by Crippen LogP contribution is 2.19. The lowest BCUT2D eigenvalue weighted by Gasteiger charge is -2.36. The molecule has 0 bridgehead atoms. The van der Waals surface area contributed by atoms with E-state index in [1.807, 2.05) is 12.4 Å². The Morgan fingerprint density at radius 2 is 2.20 bits per heavy atom. The van der Waals surface area contributed by atoms with Gasteiger partial charge < -0.3 is 10.2 Å². The van der Waals surface area contributed by atoms with Crippen molar-refractivity contribution in [3.05, 3.63) is 36.7 Å². The number of hydrogen-bond acceptors (Lipinski definition) is 4. The Labute approximate surface area is 120 Å². The number of carbonyl (C=O) groups excluding carboxylic acids is 1. The van der Waals surface area contributed by atoms with Crippen LogP contribution in [0.15, 0.2) is 31.1 Å². The van der Waals surface area contributed by atoms with Gasteiger partial charge in [-0.1, -0.05) is 6.08 Å².